The molecule has 5 heteroatoms. The normalized spacial score (nSPS) is 11.3. The van der Waals surface area contributed by atoms with Gasteiger partial charge in [0.15, 0.2) is 0 Å². The maximum Gasteiger partial charge on any atom is 0.336 e. The quantitative estimate of drug-likeness (QED) is 0.625. The number of fused-ring (bicyclic) bond motifs is 1. The van der Waals surface area contributed by atoms with Crippen LogP contribution in [0.15, 0.2) is 33.5 Å². The van der Waals surface area contributed by atoms with E-state index in [4.69, 9.17) is 14.4 Å². The first kappa shape index (κ1) is 15.1. The van der Waals surface area contributed by atoms with Crippen LogP contribution in [0.4, 0.5) is 0 Å². The van der Waals surface area contributed by atoms with Crippen LogP contribution in [0.3, 0.4) is 0 Å². The monoisotopic (exact) mass is 287 g/mol. The van der Waals surface area contributed by atoms with E-state index in [-0.39, 0.29) is 5.63 Å². The summed E-state index contributed by atoms with van der Waals surface area (Å²) in [6.45, 7) is 1.39. The minimum atomic E-state index is -0.369. The molecule has 5 nitrogen and oxygen atoms in total. The van der Waals surface area contributed by atoms with E-state index in [0.29, 0.717) is 28.8 Å². The summed E-state index contributed by atoms with van der Waals surface area (Å²) in [6, 6.07) is 9.16. The minimum Gasteiger partial charge on any atom is -0.497 e. The molecule has 0 atom stereocenters. The van der Waals surface area contributed by atoms with Crippen LogP contribution in [0.5, 0.6) is 5.75 Å². The van der Waals surface area contributed by atoms with Gasteiger partial charge in [0.2, 0.25) is 0 Å². The van der Waals surface area contributed by atoms with Crippen molar-refractivity contribution in [3.8, 4) is 11.8 Å². The molecule has 1 aromatic heterocycles. The number of hydrogen-bond donors (Lipinski definition) is 0. The summed E-state index contributed by atoms with van der Waals surface area (Å²) in [4.78, 5) is 11.7. The van der Waals surface area contributed by atoms with Gasteiger partial charge in [-0.3, -0.25) is 0 Å². The number of rotatable bonds is 5. The molecule has 0 amide bonds. The number of benzene rings is 1. The fourth-order valence-corrected chi connectivity index (χ4v) is 2.36. The first-order chi connectivity index (χ1) is 9.95. The molecule has 0 aliphatic heterocycles. The Kier molecular flexibility index (Phi) is 4.29. The highest BCUT2D eigenvalue weighted by molar-refractivity contribution is 5.81. The van der Waals surface area contributed by atoms with Crippen molar-refractivity contribution < 1.29 is 13.6 Å². The Bertz CT molecular complexity index is 741. The van der Waals surface area contributed by atoms with Crippen molar-refractivity contribution in [3.63, 3.8) is 0 Å². The average Bonchev–Trinajstić information content (AvgIpc) is 2.44. The highest BCUT2D eigenvalue weighted by Gasteiger charge is 2.18. The summed E-state index contributed by atoms with van der Waals surface area (Å²) in [6.07, 6.45) is 0.486. The zero-order valence-electron chi connectivity index (χ0n) is 12.5. The van der Waals surface area contributed by atoms with E-state index in [1.165, 1.54) is 6.07 Å². The highest BCUT2D eigenvalue weighted by Crippen LogP contribution is 2.24. The zero-order valence-corrected chi connectivity index (χ0v) is 12.5. The van der Waals surface area contributed by atoms with Crippen molar-refractivity contribution in [1.82, 2.24) is 0 Å². The van der Waals surface area contributed by atoms with E-state index in [2.05, 4.69) is 6.07 Å². The molecule has 0 spiro atoms. The summed E-state index contributed by atoms with van der Waals surface area (Å²) in [5, 5.41) is 9.63. The molecule has 110 valence electrons. The molecule has 21 heavy (non-hydrogen) atoms. The fraction of sp³-hybridized carbons (Fsp3) is 0.375. The maximum atomic E-state index is 11.7. The summed E-state index contributed by atoms with van der Waals surface area (Å²) in [5.41, 5.74) is 1.08. The lowest BCUT2D eigenvalue weighted by Crippen LogP contribution is -2.39. The topological polar surface area (TPSA) is 63.2 Å². The smallest absolute Gasteiger partial charge is 0.336 e. The summed E-state index contributed by atoms with van der Waals surface area (Å²) >= 11 is 0. The molecule has 0 saturated heterocycles. The van der Waals surface area contributed by atoms with E-state index in [0.717, 1.165) is 17.5 Å². The molecule has 0 aliphatic carbocycles. The molecule has 0 unspecified atom stereocenters. The predicted octanol–water partition coefficient (Wildman–Crippen LogP) is 2.29. The average molecular weight is 287 g/mol. The lowest BCUT2D eigenvalue weighted by molar-refractivity contribution is -0.903. The molecule has 0 bridgehead atoms. The van der Waals surface area contributed by atoms with Crippen molar-refractivity contribution in [3.05, 3.63) is 40.2 Å². The third kappa shape index (κ3) is 3.61. The number of ether oxygens (including phenoxy) is 1. The lowest BCUT2D eigenvalue weighted by Gasteiger charge is -2.29. The van der Waals surface area contributed by atoms with Crippen LogP contribution in [0, 0.1) is 11.3 Å². The van der Waals surface area contributed by atoms with Gasteiger partial charge in [-0.1, -0.05) is 0 Å². The van der Waals surface area contributed by atoms with Gasteiger partial charge in [-0.2, -0.15) is 5.26 Å². The van der Waals surface area contributed by atoms with Gasteiger partial charge in [0.05, 0.1) is 40.2 Å². The first-order valence-electron chi connectivity index (χ1n) is 6.75. The summed E-state index contributed by atoms with van der Waals surface area (Å²) in [7, 11) is 5.66. The molecule has 0 aliphatic rings. The number of nitriles is 1. The molecule has 0 radical (unpaired) electrons. The molecular weight excluding hydrogens is 268 g/mol. The third-order valence-corrected chi connectivity index (χ3v) is 3.46. The lowest BCUT2D eigenvalue weighted by atomic mass is 10.1. The Morgan fingerprint density at radius 2 is 2.10 bits per heavy atom. The van der Waals surface area contributed by atoms with Crippen LogP contribution in [-0.2, 0) is 6.54 Å². The van der Waals surface area contributed by atoms with Crippen LogP contribution in [0.2, 0.25) is 0 Å². The first-order valence-corrected chi connectivity index (χ1v) is 6.75. The van der Waals surface area contributed by atoms with E-state index >= 15 is 0 Å². The van der Waals surface area contributed by atoms with Crippen molar-refractivity contribution in [2.75, 3.05) is 27.7 Å². The van der Waals surface area contributed by atoms with Gasteiger partial charge < -0.3 is 13.6 Å². The van der Waals surface area contributed by atoms with Gasteiger partial charge in [-0.05, 0) is 12.1 Å². The molecule has 0 saturated carbocycles. The number of methoxy groups -OCH3 is 1. The Hall–Kier alpha value is -2.32. The Morgan fingerprint density at radius 1 is 1.33 bits per heavy atom. The SMILES string of the molecule is COc1ccc2c(C[N+](C)(C)CCC#N)cc(=O)oc2c1. The summed E-state index contributed by atoms with van der Waals surface area (Å²) < 4.78 is 11.0. The Labute approximate surface area is 123 Å². The standard InChI is InChI=1S/C16H19N2O3/c1-18(2,8-4-7-17)11-12-9-16(19)21-15-10-13(20-3)5-6-14(12)15/h5-6,9-10H,4,8,11H2,1-3H3/q+1. The molecule has 1 heterocycles. The molecule has 0 N–H and O–H groups in total. The zero-order chi connectivity index (χ0) is 15.5. The summed E-state index contributed by atoms with van der Waals surface area (Å²) in [5.74, 6) is 0.654. The number of quaternary nitrogens is 1. The van der Waals surface area contributed by atoms with E-state index in [1.54, 1.807) is 13.2 Å². The van der Waals surface area contributed by atoms with Gasteiger partial charge in [-0.15, -0.1) is 0 Å². The third-order valence-electron chi connectivity index (χ3n) is 3.46. The van der Waals surface area contributed by atoms with Crippen LogP contribution < -0.4 is 10.4 Å². The number of nitrogens with zero attached hydrogens (tertiary/aromatic N) is 2. The van der Waals surface area contributed by atoms with Crippen LogP contribution in [0.25, 0.3) is 11.0 Å². The van der Waals surface area contributed by atoms with Crippen LogP contribution in [0.1, 0.15) is 12.0 Å². The maximum absolute atomic E-state index is 11.7. The van der Waals surface area contributed by atoms with Gasteiger partial charge in [0.25, 0.3) is 0 Å². The van der Waals surface area contributed by atoms with Crippen molar-refractivity contribution >= 4 is 11.0 Å². The molecule has 2 rings (SSSR count). The van der Waals surface area contributed by atoms with Crippen molar-refractivity contribution in [2.24, 2.45) is 0 Å². The number of hydrogen-bond acceptors (Lipinski definition) is 4. The van der Waals surface area contributed by atoms with Crippen LogP contribution >= 0.6 is 0 Å². The second kappa shape index (κ2) is 5.98. The highest BCUT2D eigenvalue weighted by atomic mass is 16.5. The minimum absolute atomic E-state index is 0.369. The van der Waals surface area contributed by atoms with E-state index in [9.17, 15) is 4.79 Å². The van der Waals surface area contributed by atoms with E-state index < -0.39 is 0 Å². The molecule has 2 aromatic rings. The second-order valence-corrected chi connectivity index (χ2v) is 5.68. The fourth-order valence-electron chi connectivity index (χ4n) is 2.36. The largest absolute Gasteiger partial charge is 0.497 e. The molecular formula is C16H19N2O3+. The predicted molar refractivity (Wildman–Crippen MR) is 79.9 cm³/mol. The van der Waals surface area contributed by atoms with Crippen molar-refractivity contribution in [1.29, 1.82) is 5.26 Å². The van der Waals surface area contributed by atoms with Gasteiger partial charge in [0.1, 0.15) is 17.9 Å². The van der Waals surface area contributed by atoms with Crippen LogP contribution in [-0.4, -0.2) is 32.2 Å². The van der Waals surface area contributed by atoms with Crippen molar-refractivity contribution in [2.45, 2.75) is 13.0 Å². The van der Waals surface area contributed by atoms with Gasteiger partial charge in [0, 0.05) is 23.1 Å². The molecule has 0 fully saturated rings. The Morgan fingerprint density at radius 3 is 2.76 bits per heavy atom. The van der Waals surface area contributed by atoms with E-state index in [1.807, 2.05) is 26.2 Å². The second-order valence-electron chi connectivity index (χ2n) is 5.68. The van der Waals surface area contributed by atoms with Gasteiger partial charge in [-0.25, -0.2) is 4.79 Å². The van der Waals surface area contributed by atoms with Gasteiger partial charge >= 0.3 is 5.63 Å². The molecule has 1 aromatic carbocycles. The Balaban J connectivity index is 2.44.